The summed E-state index contributed by atoms with van der Waals surface area (Å²) in [6, 6.07) is 8.49. The van der Waals surface area contributed by atoms with Gasteiger partial charge in [-0.2, -0.15) is 0 Å². The topological polar surface area (TPSA) is 9.23 Å². The van der Waals surface area contributed by atoms with Crippen molar-refractivity contribution in [3.8, 4) is 5.75 Å². The molecule has 0 saturated heterocycles. The maximum absolute atomic E-state index is 6.21. The first-order valence-electron chi connectivity index (χ1n) is 6.47. The summed E-state index contributed by atoms with van der Waals surface area (Å²) in [5.41, 5.74) is 1.77. The van der Waals surface area contributed by atoms with Crippen LogP contribution in [-0.4, -0.2) is 6.10 Å². The van der Waals surface area contributed by atoms with Crippen LogP contribution in [0.3, 0.4) is 0 Å². The highest BCUT2D eigenvalue weighted by Gasteiger charge is 2.46. The molecule has 1 aromatic carbocycles. The molecule has 0 amide bonds. The summed E-state index contributed by atoms with van der Waals surface area (Å²) in [4.78, 5) is 0. The monoisotopic (exact) mass is 232 g/mol. The standard InChI is InChI=1S/C16H24O/c1-15(2,3)13-11-9-7-8-10-12(11)17-14(13)16(4,5)6/h7-10,13-14H,1-6H3. The maximum Gasteiger partial charge on any atom is 0.123 e. The Morgan fingerprint density at radius 3 is 2.00 bits per heavy atom. The quantitative estimate of drug-likeness (QED) is 0.634. The number of rotatable bonds is 0. The fourth-order valence-corrected chi connectivity index (χ4v) is 2.81. The van der Waals surface area contributed by atoms with E-state index in [1.54, 1.807) is 0 Å². The molecule has 0 radical (unpaired) electrons. The fraction of sp³-hybridized carbons (Fsp3) is 0.625. The molecule has 2 atom stereocenters. The van der Waals surface area contributed by atoms with Crippen LogP contribution < -0.4 is 4.74 Å². The fourth-order valence-electron chi connectivity index (χ4n) is 2.81. The van der Waals surface area contributed by atoms with Gasteiger partial charge >= 0.3 is 0 Å². The molecule has 1 heterocycles. The number of benzene rings is 1. The number of hydrogen-bond donors (Lipinski definition) is 0. The first kappa shape index (κ1) is 12.5. The summed E-state index contributed by atoms with van der Waals surface area (Å²) in [6.07, 6.45) is 0.264. The van der Waals surface area contributed by atoms with Crippen molar-refractivity contribution in [1.82, 2.24) is 0 Å². The third-order valence-electron chi connectivity index (χ3n) is 3.60. The SMILES string of the molecule is CC(C)(C)C1Oc2ccccc2C1C(C)(C)C. The van der Waals surface area contributed by atoms with Crippen molar-refractivity contribution in [1.29, 1.82) is 0 Å². The second kappa shape index (κ2) is 3.76. The van der Waals surface area contributed by atoms with Crippen molar-refractivity contribution in [2.75, 3.05) is 0 Å². The first-order chi connectivity index (χ1) is 7.71. The first-order valence-corrected chi connectivity index (χ1v) is 6.47. The van der Waals surface area contributed by atoms with Gasteiger partial charge in [0.1, 0.15) is 11.9 Å². The van der Waals surface area contributed by atoms with Crippen molar-refractivity contribution in [2.24, 2.45) is 10.8 Å². The Bertz CT molecular complexity index is 406. The Kier molecular flexibility index (Phi) is 2.76. The second-order valence-corrected chi connectivity index (χ2v) is 7.29. The smallest absolute Gasteiger partial charge is 0.123 e. The number of ether oxygens (including phenoxy) is 1. The van der Waals surface area contributed by atoms with Crippen LogP contribution in [0.25, 0.3) is 0 Å². The van der Waals surface area contributed by atoms with Crippen LogP contribution in [0.1, 0.15) is 53.0 Å². The van der Waals surface area contributed by atoms with E-state index in [9.17, 15) is 0 Å². The van der Waals surface area contributed by atoms with Gasteiger partial charge in [-0.15, -0.1) is 0 Å². The highest BCUT2D eigenvalue weighted by Crippen LogP contribution is 2.52. The van der Waals surface area contributed by atoms with Crippen molar-refractivity contribution >= 4 is 0 Å². The molecule has 94 valence electrons. The molecule has 17 heavy (non-hydrogen) atoms. The molecule has 2 rings (SSSR count). The van der Waals surface area contributed by atoms with Crippen LogP contribution in [0, 0.1) is 10.8 Å². The minimum Gasteiger partial charge on any atom is -0.489 e. The maximum atomic E-state index is 6.21. The molecule has 1 aliphatic rings. The minimum absolute atomic E-state index is 0.164. The zero-order chi connectivity index (χ0) is 12.8. The summed E-state index contributed by atoms with van der Waals surface area (Å²) in [5.74, 6) is 1.55. The lowest BCUT2D eigenvalue weighted by Gasteiger charge is -2.38. The van der Waals surface area contributed by atoms with Crippen LogP contribution in [-0.2, 0) is 0 Å². The van der Waals surface area contributed by atoms with E-state index in [1.165, 1.54) is 5.56 Å². The van der Waals surface area contributed by atoms with Gasteiger partial charge in [0.05, 0.1) is 0 Å². The van der Waals surface area contributed by atoms with Crippen LogP contribution in [0.2, 0.25) is 0 Å². The number of para-hydroxylation sites is 1. The molecule has 1 heteroatoms. The van der Waals surface area contributed by atoms with E-state index in [2.05, 4.69) is 65.8 Å². The Morgan fingerprint density at radius 1 is 0.882 bits per heavy atom. The van der Waals surface area contributed by atoms with Crippen LogP contribution in [0.5, 0.6) is 5.75 Å². The number of hydrogen-bond acceptors (Lipinski definition) is 1. The van der Waals surface area contributed by atoms with Crippen molar-refractivity contribution in [2.45, 2.75) is 53.6 Å². The number of fused-ring (bicyclic) bond motifs is 1. The van der Waals surface area contributed by atoms with E-state index >= 15 is 0 Å². The molecule has 0 N–H and O–H groups in total. The molecule has 2 unspecified atom stereocenters. The van der Waals surface area contributed by atoms with Crippen molar-refractivity contribution in [3.05, 3.63) is 29.8 Å². The van der Waals surface area contributed by atoms with E-state index in [0.29, 0.717) is 5.92 Å². The molecule has 0 aliphatic carbocycles. The summed E-state index contributed by atoms with van der Waals surface area (Å²) in [5, 5.41) is 0. The molecular formula is C16H24O. The Labute approximate surface area is 105 Å². The third-order valence-corrected chi connectivity index (χ3v) is 3.60. The average Bonchev–Trinajstić information content (AvgIpc) is 2.54. The van der Waals surface area contributed by atoms with Gasteiger partial charge in [-0.3, -0.25) is 0 Å². The molecule has 0 saturated carbocycles. The highest BCUT2D eigenvalue weighted by atomic mass is 16.5. The van der Waals surface area contributed by atoms with Gasteiger partial charge in [-0.05, 0) is 16.9 Å². The van der Waals surface area contributed by atoms with E-state index in [4.69, 9.17) is 4.74 Å². The molecule has 1 nitrogen and oxygen atoms in total. The van der Waals surface area contributed by atoms with Crippen LogP contribution in [0.4, 0.5) is 0 Å². The Balaban J connectivity index is 2.48. The predicted molar refractivity (Wildman–Crippen MR) is 72.5 cm³/mol. The van der Waals surface area contributed by atoms with Gasteiger partial charge in [-0.1, -0.05) is 59.7 Å². The Morgan fingerprint density at radius 2 is 1.47 bits per heavy atom. The molecule has 1 aromatic rings. The predicted octanol–water partition coefficient (Wildman–Crippen LogP) is 4.62. The van der Waals surface area contributed by atoms with E-state index in [1.807, 2.05) is 0 Å². The zero-order valence-electron chi connectivity index (χ0n) is 11.9. The average molecular weight is 232 g/mol. The largest absolute Gasteiger partial charge is 0.489 e. The van der Waals surface area contributed by atoms with Gasteiger partial charge < -0.3 is 4.74 Å². The molecule has 0 aromatic heterocycles. The van der Waals surface area contributed by atoms with Gasteiger partial charge in [0.25, 0.3) is 0 Å². The minimum atomic E-state index is 0.164. The molecule has 0 spiro atoms. The lowest BCUT2D eigenvalue weighted by Crippen LogP contribution is -2.39. The molecule has 0 fully saturated rings. The third kappa shape index (κ3) is 2.20. The van der Waals surface area contributed by atoms with E-state index in [0.717, 1.165) is 5.75 Å². The second-order valence-electron chi connectivity index (χ2n) is 7.29. The van der Waals surface area contributed by atoms with Crippen LogP contribution >= 0.6 is 0 Å². The lowest BCUT2D eigenvalue weighted by molar-refractivity contribution is 0.0517. The van der Waals surface area contributed by atoms with Crippen molar-refractivity contribution in [3.63, 3.8) is 0 Å². The molecular weight excluding hydrogens is 208 g/mol. The summed E-state index contributed by atoms with van der Waals surface area (Å²) in [7, 11) is 0. The summed E-state index contributed by atoms with van der Waals surface area (Å²) < 4.78 is 6.21. The van der Waals surface area contributed by atoms with Gasteiger partial charge in [0.15, 0.2) is 0 Å². The molecule has 0 bridgehead atoms. The normalized spacial score (nSPS) is 24.4. The summed E-state index contributed by atoms with van der Waals surface area (Å²) >= 11 is 0. The van der Waals surface area contributed by atoms with Crippen molar-refractivity contribution < 1.29 is 4.74 Å². The van der Waals surface area contributed by atoms with E-state index in [-0.39, 0.29) is 16.9 Å². The lowest BCUT2D eigenvalue weighted by atomic mass is 9.68. The zero-order valence-corrected chi connectivity index (χ0v) is 11.9. The van der Waals surface area contributed by atoms with Gasteiger partial charge in [0.2, 0.25) is 0 Å². The van der Waals surface area contributed by atoms with Crippen LogP contribution in [0.15, 0.2) is 24.3 Å². The Hall–Kier alpha value is -0.980. The molecule has 1 aliphatic heterocycles. The van der Waals surface area contributed by atoms with Gasteiger partial charge in [0, 0.05) is 11.5 Å². The summed E-state index contributed by atoms with van der Waals surface area (Å²) in [6.45, 7) is 13.7. The van der Waals surface area contributed by atoms with Gasteiger partial charge in [-0.25, -0.2) is 0 Å². The van der Waals surface area contributed by atoms with E-state index < -0.39 is 0 Å². The highest BCUT2D eigenvalue weighted by molar-refractivity contribution is 5.42.